The van der Waals surface area contributed by atoms with E-state index < -0.39 is 0 Å². The molecule has 2 aromatic rings. The molecule has 0 aliphatic carbocycles. The maximum Gasteiger partial charge on any atom is 0.255 e. The molecule has 164 valence electrons. The lowest BCUT2D eigenvalue weighted by atomic mass is 9.98. The summed E-state index contributed by atoms with van der Waals surface area (Å²) in [5.41, 5.74) is 1.86. The predicted octanol–water partition coefficient (Wildman–Crippen LogP) is 4.37. The molecule has 2 heterocycles. The van der Waals surface area contributed by atoms with Crippen LogP contribution in [0.15, 0.2) is 48.5 Å². The lowest BCUT2D eigenvalue weighted by molar-refractivity contribution is 0.0679. The molecule has 6 heteroatoms. The molecule has 6 nitrogen and oxygen atoms in total. The van der Waals surface area contributed by atoms with Crippen molar-refractivity contribution in [2.75, 3.05) is 31.6 Å². The third-order valence-corrected chi connectivity index (χ3v) is 6.04. The van der Waals surface area contributed by atoms with Gasteiger partial charge in [-0.15, -0.1) is 0 Å². The Hall–Kier alpha value is -2.86. The Morgan fingerprint density at radius 3 is 2.32 bits per heavy atom. The van der Waals surface area contributed by atoms with Crippen molar-refractivity contribution in [3.8, 4) is 5.75 Å². The number of piperidine rings is 1. The minimum absolute atomic E-state index is 0.0587. The predicted molar refractivity (Wildman–Crippen MR) is 120 cm³/mol. The SMILES string of the molecule is CC1CCN(C(=O)c2ccc(NC(=O)c3ccc(OC[C@H]4CCCO4)cc3)cc2)CC1. The number of hydrogen-bond acceptors (Lipinski definition) is 4. The maximum absolute atomic E-state index is 12.6. The second kappa shape index (κ2) is 9.96. The molecule has 0 spiro atoms. The van der Waals surface area contributed by atoms with Gasteiger partial charge >= 0.3 is 0 Å². The molecule has 2 fully saturated rings. The number of nitrogens with zero attached hydrogens (tertiary/aromatic N) is 1. The number of carbonyl (C=O) groups excluding carboxylic acids is 2. The first kappa shape index (κ1) is 21.4. The van der Waals surface area contributed by atoms with Crippen LogP contribution in [0.5, 0.6) is 5.75 Å². The zero-order chi connectivity index (χ0) is 21.6. The first-order valence-corrected chi connectivity index (χ1v) is 11.1. The molecule has 2 aromatic carbocycles. The summed E-state index contributed by atoms with van der Waals surface area (Å²) in [6.07, 6.45) is 4.38. The lowest BCUT2D eigenvalue weighted by Gasteiger charge is -2.30. The average Bonchev–Trinajstić information content (AvgIpc) is 3.32. The van der Waals surface area contributed by atoms with Gasteiger partial charge in [-0.05, 0) is 80.1 Å². The minimum atomic E-state index is -0.199. The summed E-state index contributed by atoms with van der Waals surface area (Å²) in [6.45, 7) is 5.19. The molecule has 2 aliphatic heterocycles. The zero-order valence-corrected chi connectivity index (χ0v) is 18.0. The van der Waals surface area contributed by atoms with Crippen molar-refractivity contribution in [1.82, 2.24) is 4.90 Å². The van der Waals surface area contributed by atoms with Crippen molar-refractivity contribution >= 4 is 17.5 Å². The van der Waals surface area contributed by atoms with Gasteiger partial charge in [0.25, 0.3) is 11.8 Å². The highest BCUT2D eigenvalue weighted by atomic mass is 16.5. The highest BCUT2D eigenvalue weighted by Gasteiger charge is 2.21. The van der Waals surface area contributed by atoms with E-state index in [9.17, 15) is 9.59 Å². The van der Waals surface area contributed by atoms with Crippen molar-refractivity contribution in [2.45, 2.75) is 38.7 Å². The van der Waals surface area contributed by atoms with Crippen LogP contribution in [-0.4, -0.2) is 49.1 Å². The van der Waals surface area contributed by atoms with Crippen molar-refractivity contribution in [3.63, 3.8) is 0 Å². The van der Waals surface area contributed by atoms with E-state index >= 15 is 0 Å². The van der Waals surface area contributed by atoms with Crippen LogP contribution in [0.4, 0.5) is 5.69 Å². The Bertz CT molecular complexity index is 881. The van der Waals surface area contributed by atoms with Crippen LogP contribution in [0.3, 0.4) is 0 Å². The number of hydrogen-bond donors (Lipinski definition) is 1. The van der Waals surface area contributed by atoms with Gasteiger partial charge in [0.2, 0.25) is 0 Å². The number of benzene rings is 2. The number of likely N-dealkylation sites (tertiary alicyclic amines) is 1. The second-order valence-electron chi connectivity index (χ2n) is 8.48. The number of nitrogens with one attached hydrogen (secondary N) is 1. The van der Waals surface area contributed by atoms with E-state index in [0.29, 0.717) is 29.3 Å². The largest absolute Gasteiger partial charge is 0.491 e. The van der Waals surface area contributed by atoms with E-state index in [-0.39, 0.29) is 17.9 Å². The summed E-state index contributed by atoms with van der Waals surface area (Å²) in [4.78, 5) is 27.1. The van der Waals surface area contributed by atoms with Gasteiger partial charge in [0.15, 0.2) is 0 Å². The molecule has 0 bridgehead atoms. The summed E-state index contributed by atoms with van der Waals surface area (Å²) < 4.78 is 11.3. The van der Waals surface area contributed by atoms with Crippen LogP contribution in [0, 0.1) is 5.92 Å². The molecular formula is C25H30N2O4. The molecule has 0 aromatic heterocycles. The molecule has 0 unspecified atom stereocenters. The fourth-order valence-corrected chi connectivity index (χ4v) is 3.96. The van der Waals surface area contributed by atoms with Gasteiger partial charge in [-0.2, -0.15) is 0 Å². The normalized spacial score (nSPS) is 19.3. The molecule has 2 aliphatic rings. The number of amides is 2. The number of anilines is 1. The molecule has 2 amide bonds. The van der Waals surface area contributed by atoms with Crippen LogP contribution in [0.2, 0.25) is 0 Å². The number of ether oxygens (including phenoxy) is 2. The highest BCUT2D eigenvalue weighted by molar-refractivity contribution is 6.04. The average molecular weight is 423 g/mol. The van der Waals surface area contributed by atoms with Crippen LogP contribution < -0.4 is 10.1 Å². The molecule has 2 saturated heterocycles. The topological polar surface area (TPSA) is 67.9 Å². The van der Waals surface area contributed by atoms with Crippen molar-refractivity contribution in [2.24, 2.45) is 5.92 Å². The van der Waals surface area contributed by atoms with Crippen LogP contribution in [-0.2, 0) is 4.74 Å². The van der Waals surface area contributed by atoms with E-state index in [1.165, 1.54) is 0 Å². The fourth-order valence-electron chi connectivity index (χ4n) is 3.96. The number of rotatable bonds is 6. The summed E-state index contributed by atoms with van der Waals surface area (Å²) in [5, 5.41) is 2.88. The van der Waals surface area contributed by atoms with Crippen molar-refractivity contribution < 1.29 is 19.1 Å². The smallest absolute Gasteiger partial charge is 0.255 e. The summed E-state index contributed by atoms with van der Waals surface area (Å²) in [5.74, 6) is 1.27. The van der Waals surface area contributed by atoms with Crippen molar-refractivity contribution in [3.05, 3.63) is 59.7 Å². The Morgan fingerprint density at radius 1 is 1.00 bits per heavy atom. The molecular weight excluding hydrogens is 392 g/mol. The second-order valence-corrected chi connectivity index (χ2v) is 8.48. The standard InChI is InChI=1S/C25H30N2O4/c1-18-12-14-27(15-13-18)25(29)20-4-8-21(9-5-20)26-24(28)19-6-10-22(11-7-19)31-17-23-3-2-16-30-23/h4-11,18,23H,2-3,12-17H2,1H3,(H,26,28)/t23-/m1/s1. The van der Waals surface area contributed by atoms with Gasteiger partial charge in [-0.1, -0.05) is 6.92 Å². The Morgan fingerprint density at radius 2 is 1.68 bits per heavy atom. The third kappa shape index (κ3) is 5.64. The minimum Gasteiger partial charge on any atom is -0.491 e. The Labute approximate surface area is 183 Å². The summed E-state index contributed by atoms with van der Waals surface area (Å²) >= 11 is 0. The first-order valence-electron chi connectivity index (χ1n) is 11.1. The molecule has 31 heavy (non-hydrogen) atoms. The van der Waals surface area contributed by atoms with E-state index in [2.05, 4.69) is 12.2 Å². The number of carbonyl (C=O) groups is 2. The molecule has 0 saturated carbocycles. The highest BCUT2D eigenvalue weighted by Crippen LogP contribution is 2.20. The molecule has 4 rings (SSSR count). The van der Waals surface area contributed by atoms with E-state index in [0.717, 1.165) is 51.1 Å². The van der Waals surface area contributed by atoms with Gasteiger partial charge in [0.1, 0.15) is 12.4 Å². The monoisotopic (exact) mass is 422 g/mol. The molecule has 1 N–H and O–H groups in total. The maximum atomic E-state index is 12.6. The van der Waals surface area contributed by atoms with Crippen LogP contribution >= 0.6 is 0 Å². The summed E-state index contributed by atoms with van der Waals surface area (Å²) in [7, 11) is 0. The van der Waals surface area contributed by atoms with Crippen LogP contribution in [0.1, 0.15) is 53.3 Å². The van der Waals surface area contributed by atoms with Gasteiger partial charge < -0.3 is 19.7 Å². The Kier molecular flexibility index (Phi) is 6.87. The molecule has 1 atom stereocenters. The van der Waals surface area contributed by atoms with E-state index in [1.54, 1.807) is 48.5 Å². The Balaban J connectivity index is 1.29. The van der Waals surface area contributed by atoms with E-state index in [4.69, 9.17) is 9.47 Å². The third-order valence-electron chi connectivity index (χ3n) is 6.04. The lowest BCUT2D eigenvalue weighted by Crippen LogP contribution is -2.37. The molecule has 0 radical (unpaired) electrons. The first-order chi connectivity index (χ1) is 15.1. The van der Waals surface area contributed by atoms with E-state index in [1.807, 2.05) is 4.90 Å². The quantitative estimate of drug-likeness (QED) is 0.751. The van der Waals surface area contributed by atoms with Gasteiger partial charge in [-0.3, -0.25) is 9.59 Å². The summed E-state index contributed by atoms with van der Waals surface area (Å²) in [6, 6.07) is 14.2. The fraction of sp³-hybridized carbons (Fsp3) is 0.440. The van der Waals surface area contributed by atoms with Gasteiger partial charge in [-0.25, -0.2) is 0 Å². The van der Waals surface area contributed by atoms with Gasteiger partial charge in [0.05, 0.1) is 6.10 Å². The van der Waals surface area contributed by atoms with Crippen LogP contribution in [0.25, 0.3) is 0 Å². The van der Waals surface area contributed by atoms with Gasteiger partial charge in [0, 0.05) is 36.5 Å². The zero-order valence-electron chi connectivity index (χ0n) is 18.0. The van der Waals surface area contributed by atoms with Crippen molar-refractivity contribution in [1.29, 1.82) is 0 Å².